The molecule has 0 bridgehead atoms. The van der Waals surface area contributed by atoms with Gasteiger partial charge in [-0.15, -0.1) is 0 Å². The molecule has 1 N–H and O–H groups in total. The van der Waals surface area contributed by atoms with Crippen LogP contribution in [0.1, 0.15) is 18.1 Å². The molecule has 1 aliphatic heterocycles. The first kappa shape index (κ1) is 14.5. The van der Waals surface area contributed by atoms with Crippen LogP contribution in [-0.2, 0) is 11.3 Å². The van der Waals surface area contributed by atoms with Crippen LogP contribution in [0.4, 0.5) is 0 Å². The van der Waals surface area contributed by atoms with E-state index < -0.39 is 12.0 Å². The minimum Gasteiger partial charge on any atom is -0.480 e. The van der Waals surface area contributed by atoms with Gasteiger partial charge in [0.1, 0.15) is 6.04 Å². The van der Waals surface area contributed by atoms with Crippen molar-refractivity contribution in [2.45, 2.75) is 19.5 Å². The molecule has 1 heterocycles. The van der Waals surface area contributed by atoms with E-state index in [1.165, 1.54) is 5.56 Å². The third-order valence-electron chi connectivity index (χ3n) is 3.80. The van der Waals surface area contributed by atoms with Gasteiger partial charge in [-0.1, -0.05) is 12.1 Å². The molecule has 1 saturated heterocycles. The Morgan fingerprint density at radius 3 is 2.40 bits per heavy atom. The first-order chi connectivity index (χ1) is 9.60. The van der Waals surface area contributed by atoms with Gasteiger partial charge in [-0.05, 0) is 24.6 Å². The summed E-state index contributed by atoms with van der Waals surface area (Å²) in [6, 6.07) is 9.32. The van der Waals surface area contributed by atoms with Crippen LogP contribution in [0.25, 0.3) is 0 Å². The van der Waals surface area contributed by atoms with E-state index in [4.69, 9.17) is 10.4 Å². The van der Waals surface area contributed by atoms with Gasteiger partial charge in [0.15, 0.2) is 0 Å². The first-order valence-corrected chi connectivity index (χ1v) is 6.78. The molecule has 0 radical (unpaired) electrons. The molecule has 1 atom stereocenters. The molecule has 0 amide bonds. The van der Waals surface area contributed by atoms with E-state index in [-0.39, 0.29) is 0 Å². The average Bonchev–Trinajstić information content (AvgIpc) is 2.48. The number of piperazine rings is 1. The molecule has 5 nitrogen and oxygen atoms in total. The zero-order valence-corrected chi connectivity index (χ0v) is 11.6. The normalized spacial score (nSPS) is 18.4. The molecule has 1 aliphatic rings. The van der Waals surface area contributed by atoms with E-state index in [0.717, 1.165) is 32.7 Å². The molecule has 0 saturated carbocycles. The van der Waals surface area contributed by atoms with Crippen LogP contribution in [0.3, 0.4) is 0 Å². The molecule has 0 spiro atoms. The maximum absolute atomic E-state index is 10.9. The molecule has 1 aromatic carbocycles. The van der Waals surface area contributed by atoms with Crippen molar-refractivity contribution in [2.24, 2.45) is 0 Å². The minimum absolute atomic E-state index is 0.410. The predicted molar refractivity (Wildman–Crippen MR) is 75.1 cm³/mol. The topological polar surface area (TPSA) is 67.6 Å². The van der Waals surface area contributed by atoms with Gasteiger partial charge in [-0.3, -0.25) is 14.6 Å². The summed E-state index contributed by atoms with van der Waals surface area (Å²) in [5.74, 6) is -0.759. The molecule has 5 heteroatoms. The molecule has 1 unspecified atom stereocenters. The van der Waals surface area contributed by atoms with Crippen LogP contribution in [0.5, 0.6) is 0 Å². The van der Waals surface area contributed by atoms with Gasteiger partial charge >= 0.3 is 5.97 Å². The van der Waals surface area contributed by atoms with Gasteiger partial charge in [0.05, 0.1) is 11.6 Å². The second kappa shape index (κ2) is 6.51. The summed E-state index contributed by atoms with van der Waals surface area (Å²) in [6.45, 7) is 5.89. The standard InChI is InChI=1S/C15H19N3O2/c1-12(15(19)20)18-8-6-17(7-9-18)11-14-4-2-13(10-16)3-5-14/h2-5,12H,6-9,11H2,1H3,(H,19,20). The Labute approximate surface area is 119 Å². The summed E-state index contributed by atoms with van der Waals surface area (Å²) in [7, 11) is 0. The summed E-state index contributed by atoms with van der Waals surface area (Å²) < 4.78 is 0. The third-order valence-corrected chi connectivity index (χ3v) is 3.80. The van der Waals surface area contributed by atoms with Crippen LogP contribution in [0.15, 0.2) is 24.3 Å². The van der Waals surface area contributed by atoms with Gasteiger partial charge < -0.3 is 5.11 Å². The number of nitriles is 1. The zero-order chi connectivity index (χ0) is 14.5. The van der Waals surface area contributed by atoms with E-state index in [1.807, 2.05) is 29.2 Å². The number of hydrogen-bond donors (Lipinski definition) is 1. The molecular formula is C15H19N3O2. The fraction of sp³-hybridized carbons (Fsp3) is 0.467. The number of aliphatic carboxylic acids is 1. The molecule has 1 fully saturated rings. The predicted octanol–water partition coefficient (Wildman–Crippen LogP) is 1.15. The summed E-state index contributed by atoms with van der Waals surface area (Å²) in [4.78, 5) is 15.3. The maximum atomic E-state index is 10.9. The highest BCUT2D eigenvalue weighted by Crippen LogP contribution is 2.11. The minimum atomic E-state index is -0.759. The Balaban J connectivity index is 1.85. The maximum Gasteiger partial charge on any atom is 0.320 e. The highest BCUT2D eigenvalue weighted by Gasteiger charge is 2.24. The number of carbonyl (C=O) groups is 1. The summed E-state index contributed by atoms with van der Waals surface area (Å²) in [5, 5.41) is 17.8. The lowest BCUT2D eigenvalue weighted by Crippen LogP contribution is -2.51. The molecule has 0 aromatic heterocycles. The van der Waals surface area contributed by atoms with Crippen LogP contribution >= 0.6 is 0 Å². The highest BCUT2D eigenvalue weighted by molar-refractivity contribution is 5.72. The fourth-order valence-corrected chi connectivity index (χ4v) is 2.41. The lowest BCUT2D eigenvalue weighted by molar-refractivity contribution is -0.143. The first-order valence-electron chi connectivity index (χ1n) is 6.78. The Morgan fingerprint density at radius 1 is 1.30 bits per heavy atom. The fourth-order valence-electron chi connectivity index (χ4n) is 2.41. The lowest BCUT2D eigenvalue weighted by atomic mass is 10.1. The van der Waals surface area contributed by atoms with E-state index in [9.17, 15) is 4.79 Å². The van der Waals surface area contributed by atoms with Crippen LogP contribution in [-0.4, -0.2) is 53.1 Å². The second-order valence-corrected chi connectivity index (χ2v) is 5.14. The number of benzene rings is 1. The molecule has 0 aliphatic carbocycles. The van der Waals surface area contributed by atoms with E-state index in [0.29, 0.717) is 5.56 Å². The second-order valence-electron chi connectivity index (χ2n) is 5.14. The SMILES string of the molecule is CC(C(=O)O)N1CCN(Cc2ccc(C#N)cc2)CC1. The highest BCUT2D eigenvalue weighted by atomic mass is 16.4. The van der Waals surface area contributed by atoms with Crippen LogP contribution in [0, 0.1) is 11.3 Å². The van der Waals surface area contributed by atoms with E-state index >= 15 is 0 Å². The van der Waals surface area contributed by atoms with Gasteiger partial charge in [0.25, 0.3) is 0 Å². The average molecular weight is 273 g/mol. The van der Waals surface area contributed by atoms with Crippen molar-refractivity contribution in [3.8, 4) is 6.07 Å². The smallest absolute Gasteiger partial charge is 0.320 e. The third kappa shape index (κ3) is 3.56. The number of nitrogens with zero attached hydrogens (tertiary/aromatic N) is 3. The van der Waals surface area contributed by atoms with Gasteiger partial charge in [0, 0.05) is 32.7 Å². The zero-order valence-electron chi connectivity index (χ0n) is 11.6. The summed E-state index contributed by atoms with van der Waals surface area (Å²) in [5.41, 5.74) is 1.86. The summed E-state index contributed by atoms with van der Waals surface area (Å²) >= 11 is 0. The van der Waals surface area contributed by atoms with Crippen molar-refractivity contribution < 1.29 is 9.90 Å². The van der Waals surface area contributed by atoms with Crippen molar-refractivity contribution >= 4 is 5.97 Å². The van der Waals surface area contributed by atoms with E-state index in [2.05, 4.69) is 11.0 Å². The summed E-state index contributed by atoms with van der Waals surface area (Å²) in [6.07, 6.45) is 0. The molecule has 106 valence electrons. The monoisotopic (exact) mass is 273 g/mol. The Bertz CT molecular complexity index is 499. The van der Waals surface area contributed by atoms with Crippen LogP contribution in [0.2, 0.25) is 0 Å². The quantitative estimate of drug-likeness (QED) is 0.891. The Morgan fingerprint density at radius 2 is 1.90 bits per heavy atom. The van der Waals surface area contributed by atoms with Crippen molar-refractivity contribution in [3.05, 3.63) is 35.4 Å². The van der Waals surface area contributed by atoms with Crippen molar-refractivity contribution in [3.63, 3.8) is 0 Å². The molecule has 2 rings (SSSR count). The van der Waals surface area contributed by atoms with Crippen molar-refractivity contribution in [1.82, 2.24) is 9.80 Å². The van der Waals surface area contributed by atoms with Crippen molar-refractivity contribution in [2.75, 3.05) is 26.2 Å². The molecule has 1 aromatic rings. The van der Waals surface area contributed by atoms with Crippen molar-refractivity contribution in [1.29, 1.82) is 5.26 Å². The number of hydrogen-bond acceptors (Lipinski definition) is 4. The van der Waals surface area contributed by atoms with Gasteiger partial charge in [-0.25, -0.2) is 0 Å². The number of rotatable bonds is 4. The van der Waals surface area contributed by atoms with Gasteiger partial charge in [-0.2, -0.15) is 5.26 Å². The Kier molecular flexibility index (Phi) is 4.72. The van der Waals surface area contributed by atoms with Crippen LogP contribution < -0.4 is 0 Å². The van der Waals surface area contributed by atoms with E-state index in [1.54, 1.807) is 6.92 Å². The lowest BCUT2D eigenvalue weighted by Gasteiger charge is -2.36. The Hall–Kier alpha value is -1.90. The molecule has 20 heavy (non-hydrogen) atoms. The largest absolute Gasteiger partial charge is 0.480 e. The number of carboxylic acids is 1. The number of carboxylic acid groups (broad SMARTS) is 1. The molecular weight excluding hydrogens is 254 g/mol. The van der Waals surface area contributed by atoms with Gasteiger partial charge in [0.2, 0.25) is 0 Å².